The van der Waals surface area contributed by atoms with Crippen LogP contribution in [0.1, 0.15) is 25.7 Å². The Balaban J connectivity index is 2.01. The van der Waals surface area contributed by atoms with Crippen LogP contribution in [-0.4, -0.2) is 10.9 Å². The lowest BCUT2D eigenvalue weighted by molar-refractivity contribution is -0.120. The number of hydrogen-bond acceptors (Lipinski definition) is 2. The second-order valence-electron chi connectivity index (χ2n) is 4.66. The molecular weight excluding hydrogens is 164 g/mol. The Morgan fingerprint density at radius 3 is 2.62 bits per heavy atom. The van der Waals surface area contributed by atoms with E-state index in [4.69, 9.17) is 5.11 Å². The molecule has 3 fully saturated rings. The molecule has 0 aromatic rings. The number of aliphatic hydroxyl groups excluding tert-OH is 1. The Morgan fingerprint density at radius 2 is 1.92 bits per heavy atom. The summed E-state index contributed by atoms with van der Waals surface area (Å²) < 4.78 is 0. The van der Waals surface area contributed by atoms with E-state index in [1.165, 1.54) is 19.3 Å². The van der Waals surface area contributed by atoms with Crippen LogP contribution >= 0.6 is 0 Å². The van der Waals surface area contributed by atoms with Gasteiger partial charge in [-0.1, -0.05) is 6.42 Å². The average Bonchev–Trinajstić information content (AvgIpc) is 2.71. The summed E-state index contributed by atoms with van der Waals surface area (Å²) in [6, 6.07) is 0. The zero-order chi connectivity index (χ0) is 9.00. The number of aliphatic hydroxyl groups is 1. The Hall–Kier alpha value is -0.790. The van der Waals surface area contributed by atoms with Gasteiger partial charge in [0.15, 0.2) is 5.78 Å². The molecule has 0 aromatic carbocycles. The van der Waals surface area contributed by atoms with Gasteiger partial charge in [-0.3, -0.25) is 4.79 Å². The Morgan fingerprint density at radius 1 is 1.23 bits per heavy atom. The maximum atomic E-state index is 11.7. The van der Waals surface area contributed by atoms with E-state index in [0.29, 0.717) is 11.8 Å². The molecule has 0 heterocycles. The van der Waals surface area contributed by atoms with Crippen LogP contribution in [0.15, 0.2) is 11.8 Å². The molecular formula is C11H14O2. The molecule has 3 rings (SSSR count). The van der Waals surface area contributed by atoms with Gasteiger partial charge in [-0.25, -0.2) is 0 Å². The highest BCUT2D eigenvalue weighted by Crippen LogP contribution is 2.58. The molecule has 13 heavy (non-hydrogen) atoms. The van der Waals surface area contributed by atoms with E-state index in [0.717, 1.165) is 24.2 Å². The minimum Gasteiger partial charge on any atom is -0.515 e. The summed E-state index contributed by atoms with van der Waals surface area (Å²) in [6.07, 6.45) is 5.91. The van der Waals surface area contributed by atoms with Gasteiger partial charge < -0.3 is 5.11 Å². The maximum Gasteiger partial charge on any atom is 0.165 e. The topological polar surface area (TPSA) is 37.3 Å². The van der Waals surface area contributed by atoms with Crippen molar-refractivity contribution in [3.8, 4) is 0 Å². The van der Waals surface area contributed by atoms with Crippen molar-refractivity contribution in [3.05, 3.63) is 11.8 Å². The molecule has 0 aromatic heterocycles. The first kappa shape index (κ1) is 7.60. The Kier molecular flexibility index (Phi) is 1.38. The first-order chi connectivity index (χ1) is 6.33. The van der Waals surface area contributed by atoms with Crippen LogP contribution in [0.25, 0.3) is 0 Å². The van der Waals surface area contributed by atoms with Crippen molar-refractivity contribution in [2.24, 2.45) is 23.7 Å². The van der Waals surface area contributed by atoms with Crippen LogP contribution in [0.2, 0.25) is 0 Å². The molecule has 0 aliphatic heterocycles. The number of carbonyl (C=O) groups is 1. The summed E-state index contributed by atoms with van der Waals surface area (Å²) in [5.41, 5.74) is 0.730. The van der Waals surface area contributed by atoms with E-state index in [9.17, 15) is 4.79 Å². The third kappa shape index (κ3) is 0.767. The SMILES string of the molecule is O=C1/C(=C/O)[C@@H]2C[C@H]1[C@H]1CCC[C@H]12. The smallest absolute Gasteiger partial charge is 0.165 e. The maximum absolute atomic E-state index is 11.7. The summed E-state index contributed by atoms with van der Waals surface area (Å²) in [6.45, 7) is 0. The standard InChI is InChI=1S/C11H14O2/c12-5-10-8-4-9(11(10)13)7-3-1-2-6(7)8/h5-9,12H,1-4H2/b10-5+/t6-,7+,8-,9+/m1/s1. The zero-order valence-corrected chi connectivity index (χ0v) is 7.57. The van der Waals surface area contributed by atoms with Crippen LogP contribution in [0, 0.1) is 23.7 Å². The van der Waals surface area contributed by atoms with Crippen molar-refractivity contribution >= 4 is 5.78 Å². The Labute approximate surface area is 77.6 Å². The molecule has 2 heteroatoms. The molecule has 0 spiro atoms. The number of hydrogen-bond donors (Lipinski definition) is 1. The summed E-state index contributed by atoms with van der Waals surface area (Å²) in [5, 5.41) is 9.00. The minimum atomic E-state index is 0.246. The molecule has 3 saturated carbocycles. The van der Waals surface area contributed by atoms with Gasteiger partial charge in [0, 0.05) is 11.5 Å². The fourth-order valence-electron chi connectivity index (χ4n) is 3.85. The molecule has 0 radical (unpaired) electrons. The predicted molar refractivity (Wildman–Crippen MR) is 48.1 cm³/mol. The fraction of sp³-hybridized carbons (Fsp3) is 0.727. The second-order valence-corrected chi connectivity index (χ2v) is 4.66. The molecule has 2 bridgehead atoms. The average molecular weight is 178 g/mol. The molecule has 2 nitrogen and oxygen atoms in total. The van der Waals surface area contributed by atoms with Crippen LogP contribution in [-0.2, 0) is 4.79 Å². The van der Waals surface area contributed by atoms with Crippen molar-refractivity contribution in [1.82, 2.24) is 0 Å². The van der Waals surface area contributed by atoms with Gasteiger partial charge in [-0.05, 0) is 37.0 Å². The largest absolute Gasteiger partial charge is 0.515 e. The van der Waals surface area contributed by atoms with Crippen LogP contribution in [0.4, 0.5) is 0 Å². The van der Waals surface area contributed by atoms with Gasteiger partial charge >= 0.3 is 0 Å². The molecule has 3 aliphatic rings. The van der Waals surface area contributed by atoms with Gasteiger partial charge in [0.25, 0.3) is 0 Å². The molecule has 4 atom stereocenters. The summed E-state index contributed by atoms with van der Waals surface area (Å²) in [4.78, 5) is 11.7. The Bertz CT molecular complexity index is 292. The van der Waals surface area contributed by atoms with Crippen LogP contribution in [0.3, 0.4) is 0 Å². The molecule has 0 saturated heterocycles. The number of Topliss-reactive ketones (excluding diaryl/α,β-unsaturated/α-hetero) is 1. The molecule has 1 N–H and O–H groups in total. The van der Waals surface area contributed by atoms with Crippen molar-refractivity contribution in [2.45, 2.75) is 25.7 Å². The van der Waals surface area contributed by atoms with Gasteiger partial charge in [-0.15, -0.1) is 0 Å². The quantitative estimate of drug-likeness (QED) is 0.455. The monoisotopic (exact) mass is 178 g/mol. The number of rotatable bonds is 0. The zero-order valence-electron chi connectivity index (χ0n) is 7.57. The first-order valence-electron chi connectivity index (χ1n) is 5.21. The van der Waals surface area contributed by atoms with E-state index in [2.05, 4.69) is 0 Å². The fourth-order valence-corrected chi connectivity index (χ4v) is 3.85. The molecule has 70 valence electrons. The normalized spacial score (nSPS) is 50.5. The second kappa shape index (κ2) is 2.37. The highest BCUT2D eigenvalue weighted by Gasteiger charge is 2.56. The van der Waals surface area contributed by atoms with Gasteiger partial charge in [0.2, 0.25) is 0 Å². The highest BCUT2D eigenvalue weighted by molar-refractivity contribution is 6.01. The molecule has 0 amide bonds. The summed E-state index contributed by atoms with van der Waals surface area (Å²) in [7, 11) is 0. The van der Waals surface area contributed by atoms with Gasteiger partial charge in [0.05, 0.1) is 6.26 Å². The lowest BCUT2D eigenvalue weighted by Crippen LogP contribution is -2.26. The number of fused-ring (bicyclic) bond motifs is 5. The summed E-state index contributed by atoms with van der Waals surface area (Å²) in [5.74, 6) is 2.32. The lowest BCUT2D eigenvalue weighted by Gasteiger charge is -2.24. The molecule has 3 aliphatic carbocycles. The lowest BCUT2D eigenvalue weighted by atomic mass is 9.79. The van der Waals surface area contributed by atoms with Crippen molar-refractivity contribution in [2.75, 3.05) is 0 Å². The van der Waals surface area contributed by atoms with Crippen molar-refractivity contribution in [1.29, 1.82) is 0 Å². The molecule has 0 unspecified atom stereocenters. The van der Waals surface area contributed by atoms with Crippen LogP contribution < -0.4 is 0 Å². The van der Waals surface area contributed by atoms with E-state index in [1.807, 2.05) is 0 Å². The van der Waals surface area contributed by atoms with E-state index in [1.54, 1.807) is 0 Å². The third-order valence-corrected chi connectivity index (χ3v) is 4.33. The van der Waals surface area contributed by atoms with Crippen LogP contribution in [0.5, 0.6) is 0 Å². The first-order valence-corrected chi connectivity index (χ1v) is 5.21. The number of allylic oxidation sites excluding steroid dienone is 1. The number of carbonyl (C=O) groups excluding carboxylic acids is 1. The highest BCUT2D eigenvalue weighted by atomic mass is 16.2. The summed E-state index contributed by atoms with van der Waals surface area (Å²) >= 11 is 0. The predicted octanol–water partition coefficient (Wildman–Crippen LogP) is 2.06. The van der Waals surface area contributed by atoms with Crippen molar-refractivity contribution in [3.63, 3.8) is 0 Å². The van der Waals surface area contributed by atoms with Gasteiger partial charge in [0.1, 0.15) is 0 Å². The van der Waals surface area contributed by atoms with E-state index >= 15 is 0 Å². The van der Waals surface area contributed by atoms with Crippen molar-refractivity contribution < 1.29 is 9.90 Å². The third-order valence-electron chi connectivity index (χ3n) is 4.33. The van der Waals surface area contributed by atoms with Gasteiger partial charge in [-0.2, -0.15) is 0 Å². The minimum absolute atomic E-state index is 0.246. The van der Waals surface area contributed by atoms with E-state index in [-0.39, 0.29) is 11.7 Å². The van der Waals surface area contributed by atoms with E-state index < -0.39 is 0 Å². The number of ketones is 1.